The van der Waals surface area contributed by atoms with E-state index in [9.17, 15) is 4.79 Å². The van der Waals surface area contributed by atoms with Crippen LogP contribution in [0.25, 0.3) is 0 Å². The van der Waals surface area contributed by atoms with Gasteiger partial charge in [0.25, 0.3) is 0 Å². The Kier molecular flexibility index (Phi) is 5.48. The Balaban J connectivity index is 1.94. The van der Waals surface area contributed by atoms with E-state index in [2.05, 4.69) is 34.0 Å². The third kappa shape index (κ3) is 4.37. The summed E-state index contributed by atoms with van der Waals surface area (Å²) < 4.78 is 1.18. The maximum absolute atomic E-state index is 12.4. The van der Waals surface area contributed by atoms with Crippen LogP contribution in [-0.2, 0) is 4.79 Å². The predicted molar refractivity (Wildman–Crippen MR) is 87.3 cm³/mol. The fourth-order valence-electron chi connectivity index (χ4n) is 2.45. The molecule has 19 heavy (non-hydrogen) atoms. The van der Waals surface area contributed by atoms with Crippen molar-refractivity contribution < 1.29 is 4.79 Å². The average Bonchev–Trinajstić information content (AvgIpc) is 2.66. The van der Waals surface area contributed by atoms with Crippen molar-refractivity contribution >= 4 is 34.2 Å². The largest absolute Gasteiger partial charge is 0.374 e. The number of nitrogens with zero attached hydrogens (tertiary/aromatic N) is 1. The molecule has 1 saturated heterocycles. The number of likely N-dealkylation sites (tertiary alicyclic amines) is 1. The van der Waals surface area contributed by atoms with E-state index >= 15 is 0 Å². The maximum Gasteiger partial charge on any atom is 0.244 e. The molecule has 1 N–H and O–H groups in total. The second-order valence-corrected chi connectivity index (χ2v) is 6.36. The normalized spacial score (nSPS) is 17.7. The monoisotopic (exact) mass is 372 g/mol. The molecule has 0 aromatic heterocycles. The van der Waals surface area contributed by atoms with Crippen molar-refractivity contribution in [2.75, 3.05) is 18.4 Å². The van der Waals surface area contributed by atoms with Crippen molar-refractivity contribution in [3.05, 3.63) is 27.8 Å². The third-order valence-electron chi connectivity index (χ3n) is 3.50. The van der Waals surface area contributed by atoms with E-state index in [0.29, 0.717) is 0 Å². The molecule has 0 bridgehead atoms. The lowest BCUT2D eigenvalue weighted by molar-refractivity contribution is -0.131. The molecule has 1 heterocycles. The van der Waals surface area contributed by atoms with Gasteiger partial charge in [0, 0.05) is 22.3 Å². The summed E-state index contributed by atoms with van der Waals surface area (Å²) in [4.78, 5) is 14.4. The number of benzene rings is 1. The van der Waals surface area contributed by atoms with Gasteiger partial charge in [-0.25, -0.2) is 0 Å². The predicted octanol–water partition coefficient (Wildman–Crippen LogP) is 3.49. The summed E-state index contributed by atoms with van der Waals surface area (Å²) in [6.45, 7) is 3.78. The van der Waals surface area contributed by atoms with Crippen molar-refractivity contribution in [3.63, 3.8) is 0 Å². The van der Waals surface area contributed by atoms with Crippen molar-refractivity contribution in [1.29, 1.82) is 0 Å². The van der Waals surface area contributed by atoms with Crippen LogP contribution in [0, 0.1) is 3.57 Å². The van der Waals surface area contributed by atoms with Gasteiger partial charge in [-0.15, -0.1) is 0 Å². The molecule has 1 amide bonds. The molecule has 104 valence electrons. The van der Waals surface area contributed by atoms with Crippen LogP contribution in [0.4, 0.5) is 5.69 Å². The molecule has 1 aromatic rings. The molecular weight excluding hydrogens is 351 g/mol. The van der Waals surface area contributed by atoms with Gasteiger partial charge in [-0.2, -0.15) is 0 Å². The van der Waals surface area contributed by atoms with Crippen molar-refractivity contribution in [2.45, 2.75) is 38.6 Å². The highest BCUT2D eigenvalue weighted by atomic mass is 127. The van der Waals surface area contributed by atoms with Crippen LogP contribution in [-0.4, -0.2) is 29.9 Å². The summed E-state index contributed by atoms with van der Waals surface area (Å²) in [5, 5.41) is 3.30. The highest BCUT2D eigenvalue weighted by Crippen LogP contribution is 2.15. The Bertz CT molecular complexity index is 428. The van der Waals surface area contributed by atoms with Crippen LogP contribution in [0.15, 0.2) is 24.3 Å². The Morgan fingerprint density at radius 1 is 1.26 bits per heavy atom. The number of halogens is 1. The van der Waals surface area contributed by atoms with Gasteiger partial charge < -0.3 is 10.2 Å². The van der Waals surface area contributed by atoms with Crippen LogP contribution in [0.2, 0.25) is 0 Å². The van der Waals surface area contributed by atoms with E-state index in [1.165, 1.54) is 16.4 Å². The van der Waals surface area contributed by atoms with Gasteiger partial charge in [0.1, 0.15) is 6.04 Å². The molecule has 1 unspecified atom stereocenters. The fraction of sp³-hybridized carbons (Fsp3) is 0.533. The number of carbonyl (C=O) groups excluding carboxylic acids is 1. The van der Waals surface area contributed by atoms with E-state index in [-0.39, 0.29) is 11.9 Å². The fourth-order valence-corrected chi connectivity index (χ4v) is 3.00. The molecule has 1 aliphatic heterocycles. The number of amides is 1. The SMILES string of the molecule is CC(Nc1cccc(I)c1)C(=O)N1CCCCCC1. The topological polar surface area (TPSA) is 32.3 Å². The molecule has 1 aromatic carbocycles. The lowest BCUT2D eigenvalue weighted by Gasteiger charge is -2.25. The quantitative estimate of drug-likeness (QED) is 0.824. The first-order chi connectivity index (χ1) is 9.16. The van der Waals surface area contributed by atoms with Crippen molar-refractivity contribution in [2.24, 2.45) is 0 Å². The number of rotatable bonds is 3. The molecule has 0 radical (unpaired) electrons. The van der Waals surface area contributed by atoms with Crippen molar-refractivity contribution in [3.8, 4) is 0 Å². The van der Waals surface area contributed by atoms with Crippen molar-refractivity contribution in [1.82, 2.24) is 4.90 Å². The zero-order valence-corrected chi connectivity index (χ0v) is 13.5. The summed E-state index contributed by atoms with van der Waals surface area (Å²) in [7, 11) is 0. The summed E-state index contributed by atoms with van der Waals surface area (Å²) in [6.07, 6.45) is 4.79. The molecule has 4 heteroatoms. The lowest BCUT2D eigenvalue weighted by atomic mass is 10.2. The second-order valence-electron chi connectivity index (χ2n) is 5.12. The zero-order chi connectivity index (χ0) is 13.7. The first-order valence-electron chi connectivity index (χ1n) is 6.98. The standard InChI is InChI=1S/C15H21IN2O/c1-12(17-14-8-6-7-13(16)11-14)15(19)18-9-4-2-3-5-10-18/h6-8,11-12,17H,2-5,9-10H2,1H3. The van der Waals surface area contributed by atoms with Gasteiger partial charge in [-0.05, 0) is 60.6 Å². The Hall–Kier alpha value is -0.780. The summed E-state index contributed by atoms with van der Waals surface area (Å²) in [6, 6.07) is 7.97. The van der Waals surface area contributed by atoms with Gasteiger partial charge in [-0.3, -0.25) is 4.79 Å². The molecular formula is C15H21IN2O. The molecule has 0 saturated carbocycles. The molecule has 0 spiro atoms. The minimum Gasteiger partial charge on any atom is -0.374 e. The summed E-state index contributed by atoms with van der Waals surface area (Å²) in [5.41, 5.74) is 1.02. The molecule has 1 aliphatic rings. The Morgan fingerprint density at radius 2 is 1.95 bits per heavy atom. The molecule has 1 atom stereocenters. The van der Waals surface area contributed by atoms with Crippen LogP contribution in [0.5, 0.6) is 0 Å². The van der Waals surface area contributed by atoms with E-state index in [1.54, 1.807) is 0 Å². The van der Waals surface area contributed by atoms with E-state index in [4.69, 9.17) is 0 Å². The first kappa shape index (κ1) is 14.6. The smallest absolute Gasteiger partial charge is 0.244 e. The van der Waals surface area contributed by atoms with Gasteiger partial charge in [0.05, 0.1) is 0 Å². The molecule has 3 nitrogen and oxygen atoms in total. The summed E-state index contributed by atoms with van der Waals surface area (Å²) >= 11 is 2.28. The van der Waals surface area contributed by atoms with Crippen LogP contribution >= 0.6 is 22.6 Å². The van der Waals surface area contributed by atoms with E-state index in [1.807, 2.05) is 30.0 Å². The van der Waals surface area contributed by atoms with Gasteiger partial charge in [0.2, 0.25) is 5.91 Å². The number of nitrogens with one attached hydrogen (secondary N) is 1. The minimum atomic E-state index is -0.156. The number of hydrogen-bond acceptors (Lipinski definition) is 2. The highest BCUT2D eigenvalue weighted by Gasteiger charge is 2.21. The van der Waals surface area contributed by atoms with Gasteiger partial charge in [-0.1, -0.05) is 18.9 Å². The molecule has 0 aliphatic carbocycles. The maximum atomic E-state index is 12.4. The number of hydrogen-bond donors (Lipinski definition) is 1. The first-order valence-corrected chi connectivity index (χ1v) is 8.05. The van der Waals surface area contributed by atoms with Gasteiger partial charge >= 0.3 is 0 Å². The lowest BCUT2D eigenvalue weighted by Crippen LogP contribution is -2.41. The number of carbonyl (C=O) groups is 1. The third-order valence-corrected chi connectivity index (χ3v) is 4.17. The van der Waals surface area contributed by atoms with Crippen LogP contribution in [0.1, 0.15) is 32.6 Å². The second kappa shape index (κ2) is 7.12. The number of anilines is 1. The van der Waals surface area contributed by atoms with Gasteiger partial charge in [0.15, 0.2) is 0 Å². The van der Waals surface area contributed by atoms with Crippen LogP contribution in [0.3, 0.4) is 0 Å². The summed E-state index contributed by atoms with van der Waals surface area (Å²) in [5.74, 6) is 0.223. The van der Waals surface area contributed by atoms with Crippen LogP contribution < -0.4 is 5.32 Å². The molecule has 2 rings (SSSR count). The minimum absolute atomic E-state index is 0.156. The average molecular weight is 372 g/mol. The van der Waals surface area contributed by atoms with E-state index < -0.39 is 0 Å². The highest BCUT2D eigenvalue weighted by molar-refractivity contribution is 14.1. The zero-order valence-electron chi connectivity index (χ0n) is 11.4. The van der Waals surface area contributed by atoms with E-state index in [0.717, 1.165) is 31.6 Å². The Labute approximate surface area is 128 Å². The molecule has 1 fully saturated rings. The Morgan fingerprint density at radius 3 is 2.58 bits per heavy atom.